The molecule has 1 amide bonds. The van der Waals surface area contributed by atoms with Crippen LogP contribution in [0.1, 0.15) is 149 Å². The van der Waals surface area contributed by atoms with Crippen molar-refractivity contribution >= 4 is 5.91 Å². The quantitative estimate of drug-likeness (QED) is 0.0370. The predicted molar refractivity (Wildman–Crippen MR) is 193 cm³/mol. The first kappa shape index (κ1) is 44.4. The number of hydrogen-bond donors (Lipinski definition) is 6. The van der Waals surface area contributed by atoms with Crippen LogP contribution in [-0.4, -0.2) is 87.5 Å². The molecule has 1 saturated heterocycles. The van der Waals surface area contributed by atoms with E-state index in [4.69, 9.17) is 9.47 Å². The maximum absolute atomic E-state index is 12.8. The van der Waals surface area contributed by atoms with E-state index in [9.17, 15) is 30.3 Å². The van der Waals surface area contributed by atoms with Gasteiger partial charge in [0.15, 0.2) is 6.29 Å². The van der Waals surface area contributed by atoms with E-state index in [1.807, 2.05) is 6.08 Å². The minimum Gasteiger partial charge on any atom is -0.394 e. The molecule has 0 aliphatic carbocycles. The summed E-state index contributed by atoms with van der Waals surface area (Å²) in [5, 5.41) is 53.8. The van der Waals surface area contributed by atoms with Gasteiger partial charge in [-0.2, -0.15) is 0 Å². The molecule has 9 heteroatoms. The van der Waals surface area contributed by atoms with Crippen molar-refractivity contribution in [1.82, 2.24) is 5.32 Å². The molecular formula is C39H71NO8. The van der Waals surface area contributed by atoms with Gasteiger partial charge in [0.05, 0.1) is 25.4 Å². The lowest BCUT2D eigenvalue weighted by Gasteiger charge is -2.40. The Hall–Kier alpha value is -1.59. The highest BCUT2D eigenvalue weighted by molar-refractivity contribution is 5.76. The Balaban J connectivity index is 2.49. The van der Waals surface area contributed by atoms with Crippen LogP contribution >= 0.6 is 0 Å². The highest BCUT2D eigenvalue weighted by Gasteiger charge is 2.44. The van der Waals surface area contributed by atoms with Gasteiger partial charge in [-0.05, 0) is 57.8 Å². The molecule has 7 atom stereocenters. The number of rotatable bonds is 30. The van der Waals surface area contributed by atoms with Gasteiger partial charge in [-0.15, -0.1) is 0 Å². The Kier molecular flexibility index (Phi) is 28.0. The maximum Gasteiger partial charge on any atom is 0.220 e. The summed E-state index contributed by atoms with van der Waals surface area (Å²) in [6.07, 6.45) is 27.6. The molecule has 1 aliphatic rings. The fourth-order valence-electron chi connectivity index (χ4n) is 5.75. The van der Waals surface area contributed by atoms with E-state index in [1.165, 1.54) is 70.6 Å². The van der Waals surface area contributed by atoms with Gasteiger partial charge in [0.2, 0.25) is 5.91 Å². The van der Waals surface area contributed by atoms with Gasteiger partial charge >= 0.3 is 0 Å². The summed E-state index contributed by atoms with van der Waals surface area (Å²) in [6, 6.07) is -0.821. The van der Waals surface area contributed by atoms with E-state index in [0.29, 0.717) is 6.42 Å². The van der Waals surface area contributed by atoms with Gasteiger partial charge < -0.3 is 40.3 Å². The summed E-state index contributed by atoms with van der Waals surface area (Å²) in [7, 11) is 0. The predicted octanol–water partition coefficient (Wildman–Crippen LogP) is 6.55. The number of nitrogens with one attached hydrogen (secondary N) is 1. The second-order valence-corrected chi connectivity index (χ2v) is 13.4. The van der Waals surface area contributed by atoms with Gasteiger partial charge in [-0.1, -0.05) is 121 Å². The van der Waals surface area contributed by atoms with Gasteiger partial charge in [0, 0.05) is 6.42 Å². The lowest BCUT2D eigenvalue weighted by Crippen LogP contribution is -2.60. The molecule has 1 heterocycles. The molecule has 7 unspecified atom stereocenters. The second kappa shape index (κ2) is 30.3. The normalized spacial score (nSPS) is 23.0. The number of allylic oxidation sites excluding steroid dienone is 5. The Labute approximate surface area is 291 Å². The molecule has 0 aromatic carbocycles. The minimum atomic E-state index is -1.57. The number of carbonyl (C=O) groups is 1. The zero-order valence-corrected chi connectivity index (χ0v) is 30.2. The average Bonchev–Trinajstić information content (AvgIpc) is 3.08. The highest BCUT2D eigenvalue weighted by atomic mass is 16.7. The molecule has 0 spiro atoms. The first-order chi connectivity index (χ1) is 23.3. The van der Waals surface area contributed by atoms with Gasteiger partial charge in [-0.3, -0.25) is 4.79 Å². The fourth-order valence-corrected chi connectivity index (χ4v) is 5.75. The number of aliphatic hydroxyl groups excluding tert-OH is 5. The van der Waals surface area contributed by atoms with E-state index in [2.05, 4.69) is 43.5 Å². The zero-order chi connectivity index (χ0) is 35.2. The lowest BCUT2D eigenvalue weighted by molar-refractivity contribution is -0.302. The topological polar surface area (TPSA) is 149 Å². The summed E-state index contributed by atoms with van der Waals surface area (Å²) in [6.45, 7) is 3.68. The van der Waals surface area contributed by atoms with Gasteiger partial charge in [-0.25, -0.2) is 0 Å². The summed E-state index contributed by atoms with van der Waals surface area (Å²) < 4.78 is 11.1. The molecule has 48 heavy (non-hydrogen) atoms. The van der Waals surface area contributed by atoms with Crippen LogP contribution in [0.5, 0.6) is 0 Å². The second-order valence-electron chi connectivity index (χ2n) is 13.4. The van der Waals surface area contributed by atoms with Crippen molar-refractivity contribution in [3.63, 3.8) is 0 Å². The van der Waals surface area contributed by atoms with Crippen molar-refractivity contribution in [1.29, 1.82) is 0 Å². The number of unbranched alkanes of at least 4 members (excludes halogenated alkanes) is 16. The molecule has 280 valence electrons. The molecule has 1 rings (SSSR count). The van der Waals surface area contributed by atoms with Crippen molar-refractivity contribution in [3.8, 4) is 0 Å². The van der Waals surface area contributed by atoms with Crippen molar-refractivity contribution < 1.29 is 39.8 Å². The molecular weight excluding hydrogens is 610 g/mol. The van der Waals surface area contributed by atoms with Gasteiger partial charge in [0.1, 0.15) is 24.4 Å². The zero-order valence-electron chi connectivity index (χ0n) is 30.2. The first-order valence-corrected chi connectivity index (χ1v) is 19.2. The molecule has 9 nitrogen and oxygen atoms in total. The van der Waals surface area contributed by atoms with E-state index in [0.717, 1.165) is 57.8 Å². The molecule has 1 fully saturated rings. The van der Waals surface area contributed by atoms with Gasteiger partial charge in [0.25, 0.3) is 0 Å². The van der Waals surface area contributed by atoms with Crippen LogP contribution in [0.25, 0.3) is 0 Å². The highest BCUT2D eigenvalue weighted by Crippen LogP contribution is 2.22. The van der Waals surface area contributed by atoms with E-state index < -0.39 is 49.5 Å². The Morgan fingerprint density at radius 1 is 0.688 bits per heavy atom. The van der Waals surface area contributed by atoms with E-state index >= 15 is 0 Å². The fraction of sp³-hybridized carbons (Fsp3) is 0.821. The molecule has 0 aromatic rings. The van der Waals surface area contributed by atoms with E-state index in [1.54, 1.807) is 6.08 Å². The smallest absolute Gasteiger partial charge is 0.220 e. The SMILES string of the molecule is CCCCCCC/C=C\CCCCCCCC(=O)NC(COC1OC(CO)C(O)C(O)C1O)C(O)/C=C/CC/C=C/CCCCCCC. The van der Waals surface area contributed by atoms with E-state index in [-0.39, 0.29) is 12.5 Å². The number of carbonyl (C=O) groups excluding carboxylic acids is 1. The lowest BCUT2D eigenvalue weighted by atomic mass is 9.99. The monoisotopic (exact) mass is 682 g/mol. The standard InChI is InChI=1S/C39H71NO8/c1-3-5-7-9-11-13-15-16-17-19-21-23-25-27-29-35(43)40-32(31-47-39-38(46)37(45)36(44)34(30-41)48-39)33(42)28-26-24-22-20-18-14-12-10-8-6-4-2/h15-16,18,20,26,28,32-34,36-39,41-42,44-46H,3-14,17,19,21-25,27,29-31H2,1-2H3,(H,40,43)/b16-15-,20-18+,28-26+. The number of aliphatic hydroxyl groups is 5. The summed E-state index contributed by atoms with van der Waals surface area (Å²) >= 11 is 0. The van der Waals surface area contributed by atoms with Crippen LogP contribution < -0.4 is 5.32 Å². The van der Waals surface area contributed by atoms with Crippen LogP contribution in [-0.2, 0) is 14.3 Å². The van der Waals surface area contributed by atoms with Crippen LogP contribution in [0.15, 0.2) is 36.5 Å². The van der Waals surface area contributed by atoms with Crippen molar-refractivity contribution in [2.45, 2.75) is 192 Å². The Morgan fingerprint density at radius 2 is 1.19 bits per heavy atom. The first-order valence-electron chi connectivity index (χ1n) is 19.2. The number of hydrogen-bond acceptors (Lipinski definition) is 8. The third-order valence-corrected chi connectivity index (χ3v) is 8.94. The number of amides is 1. The molecule has 0 aromatic heterocycles. The average molecular weight is 682 g/mol. The van der Waals surface area contributed by atoms with Crippen LogP contribution in [0.2, 0.25) is 0 Å². The van der Waals surface area contributed by atoms with Crippen molar-refractivity contribution in [2.24, 2.45) is 0 Å². The summed E-state index contributed by atoms with van der Waals surface area (Å²) in [5.74, 6) is -0.200. The third kappa shape index (κ3) is 21.5. The minimum absolute atomic E-state index is 0.200. The molecule has 1 aliphatic heterocycles. The Morgan fingerprint density at radius 3 is 1.75 bits per heavy atom. The summed E-state index contributed by atoms with van der Waals surface area (Å²) in [5.41, 5.74) is 0. The number of ether oxygens (including phenoxy) is 2. The molecule has 0 radical (unpaired) electrons. The third-order valence-electron chi connectivity index (χ3n) is 8.94. The summed E-state index contributed by atoms with van der Waals surface area (Å²) in [4.78, 5) is 12.8. The van der Waals surface area contributed by atoms with Crippen LogP contribution in [0.4, 0.5) is 0 Å². The Bertz CT molecular complexity index is 848. The molecule has 0 bridgehead atoms. The van der Waals surface area contributed by atoms with Crippen molar-refractivity contribution in [3.05, 3.63) is 36.5 Å². The van der Waals surface area contributed by atoms with Crippen LogP contribution in [0, 0.1) is 0 Å². The van der Waals surface area contributed by atoms with Crippen LogP contribution in [0.3, 0.4) is 0 Å². The largest absolute Gasteiger partial charge is 0.394 e. The molecule has 6 N–H and O–H groups in total. The molecule has 0 saturated carbocycles. The maximum atomic E-state index is 12.8. The van der Waals surface area contributed by atoms with Crippen molar-refractivity contribution in [2.75, 3.05) is 13.2 Å².